The first-order valence-electron chi connectivity index (χ1n) is 12.2. The summed E-state index contributed by atoms with van der Waals surface area (Å²) in [7, 11) is 1.61. The number of nitrogens with one attached hydrogen (secondary N) is 1. The van der Waals surface area contributed by atoms with Crippen LogP contribution >= 0.6 is 23.1 Å². The monoisotopic (exact) mass is 550 g/mol. The van der Waals surface area contributed by atoms with E-state index < -0.39 is 0 Å². The second-order valence-corrected chi connectivity index (χ2v) is 10.8. The normalized spacial score (nSPS) is 15.3. The van der Waals surface area contributed by atoms with Gasteiger partial charge in [0.15, 0.2) is 0 Å². The predicted octanol–water partition coefficient (Wildman–Crippen LogP) is 5.06. The molecule has 2 aromatic heterocycles. The number of nitrogens with zero attached hydrogens (tertiary/aromatic N) is 3. The Morgan fingerprint density at radius 2 is 1.92 bits per heavy atom. The first-order chi connectivity index (χ1) is 18.6. The van der Waals surface area contributed by atoms with Crippen LogP contribution in [0.3, 0.4) is 0 Å². The van der Waals surface area contributed by atoms with E-state index in [-0.39, 0.29) is 35.2 Å². The van der Waals surface area contributed by atoms with Crippen molar-refractivity contribution >= 4 is 40.7 Å². The molecular weight excluding hydrogens is 523 g/mol. The molecule has 4 aromatic rings. The molecule has 1 atom stereocenters. The number of thiophene rings is 1. The number of hydrogen-bond donors (Lipinski definition) is 1. The zero-order valence-electron chi connectivity index (χ0n) is 20.8. The number of amides is 2. The van der Waals surface area contributed by atoms with E-state index in [9.17, 15) is 14.0 Å². The van der Waals surface area contributed by atoms with Crippen LogP contribution in [0.15, 0.2) is 72.1 Å². The van der Waals surface area contributed by atoms with Crippen molar-refractivity contribution in [2.45, 2.75) is 11.7 Å². The van der Waals surface area contributed by atoms with Crippen molar-refractivity contribution in [2.75, 3.05) is 37.5 Å². The van der Waals surface area contributed by atoms with E-state index in [2.05, 4.69) is 11.4 Å². The summed E-state index contributed by atoms with van der Waals surface area (Å²) in [5, 5.41) is 9.71. The number of benzene rings is 2. The fourth-order valence-corrected chi connectivity index (χ4v) is 6.57. The number of ether oxygens (including phenoxy) is 1. The zero-order chi connectivity index (χ0) is 26.5. The second kappa shape index (κ2) is 11.9. The molecule has 1 N–H and O–H groups in total. The van der Waals surface area contributed by atoms with Gasteiger partial charge in [-0.05, 0) is 42.1 Å². The molecular formula is C28H27FN4O3S2. The molecule has 1 unspecified atom stereocenters. The largest absolute Gasteiger partial charge is 0.385 e. The van der Waals surface area contributed by atoms with E-state index in [4.69, 9.17) is 9.84 Å². The van der Waals surface area contributed by atoms with Crippen LogP contribution in [0.2, 0.25) is 0 Å². The molecule has 3 heterocycles. The molecule has 196 valence electrons. The van der Waals surface area contributed by atoms with Gasteiger partial charge in [0.2, 0.25) is 11.8 Å². The number of hydrogen-bond acceptors (Lipinski definition) is 6. The minimum absolute atomic E-state index is 0.155. The maximum Gasteiger partial charge on any atom is 0.240 e. The second-order valence-electron chi connectivity index (χ2n) is 8.72. The third-order valence-electron chi connectivity index (χ3n) is 6.16. The van der Waals surface area contributed by atoms with E-state index in [1.807, 2.05) is 41.8 Å². The van der Waals surface area contributed by atoms with Crippen molar-refractivity contribution < 1.29 is 18.7 Å². The highest BCUT2D eigenvalue weighted by Gasteiger charge is 2.38. The van der Waals surface area contributed by atoms with Gasteiger partial charge >= 0.3 is 0 Å². The minimum Gasteiger partial charge on any atom is -0.385 e. The molecule has 7 nitrogen and oxygen atoms in total. The van der Waals surface area contributed by atoms with Crippen molar-refractivity contribution in [3.63, 3.8) is 0 Å². The Balaban J connectivity index is 1.68. The topological polar surface area (TPSA) is 76.5 Å². The lowest BCUT2D eigenvalue weighted by Gasteiger charge is -2.23. The first-order valence-corrected chi connectivity index (χ1v) is 14.1. The van der Waals surface area contributed by atoms with Gasteiger partial charge in [-0.1, -0.05) is 36.4 Å². The van der Waals surface area contributed by atoms with E-state index in [1.54, 1.807) is 35.3 Å². The van der Waals surface area contributed by atoms with E-state index in [0.29, 0.717) is 31.1 Å². The molecule has 2 amide bonds. The summed E-state index contributed by atoms with van der Waals surface area (Å²) in [6.45, 7) is 0.822. The van der Waals surface area contributed by atoms with Gasteiger partial charge in [0.1, 0.15) is 18.2 Å². The quantitative estimate of drug-likeness (QED) is 0.295. The highest BCUT2D eigenvalue weighted by molar-refractivity contribution is 8.00. The molecule has 0 bridgehead atoms. The van der Waals surface area contributed by atoms with Crippen LogP contribution in [0.25, 0.3) is 16.9 Å². The Morgan fingerprint density at radius 1 is 1.13 bits per heavy atom. The molecule has 0 aliphatic carbocycles. The Hall–Kier alpha value is -3.47. The fourth-order valence-electron chi connectivity index (χ4n) is 4.40. The van der Waals surface area contributed by atoms with Gasteiger partial charge in [0.25, 0.3) is 0 Å². The molecule has 0 spiro atoms. The predicted molar refractivity (Wildman–Crippen MR) is 149 cm³/mol. The van der Waals surface area contributed by atoms with Gasteiger partial charge in [-0.2, -0.15) is 5.10 Å². The lowest BCUT2D eigenvalue weighted by atomic mass is 10.0. The number of rotatable bonds is 9. The highest BCUT2D eigenvalue weighted by atomic mass is 32.2. The standard InChI is InChI=1S/C28H27FN4O3S2/c1-36-15-6-14-30-23(34)17-32-24(35)18-38-27(22-9-5-16-37-22)25-26(19-7-3-2-4-8-19)31-33(28(25)32)21-12-10-20(29)11-13-21/h2-5,7-13,16,27H,6,14-15,17-18H2,1H3,(H,30,34). The molecule has 1 aliphatic rings. The van der Waals surface area contributed by atoms with Crippen molar-refractivity contribution in [3.8, 4) is 16.9 Å². The SMILES string of the molecule is COCCCNC(=O)CN1C(=O)CSC(c2cccs2)c2c(-c3ccccc3)nn(-c3ccc(F)cc3)c21. The van der Waals surface area contributed by atoms with E-state index in [1.165, 1.54) is 28.8 Å². The average molecular weight is 551 g/mol. The summed E-state index contributed by atoms with van der Waals surface area (Å²) in [6, 6.07) is 19.8. The number of anilines is 1. The first kappa shape index (κ1) is 26.1. The Morgan fingerprint density at radius 3 is 2.63 bits per heavy atom. The third kappa shape index (κ3) is 5.52. The van der Waals surface area contributed by atoms with Crippen LogP contribution in [-0.4, -0.2) is 54.2 Å². The molecule has 38 heavy (non-hydrogen) atoms. The molecule has 0 saturated carbocycles. The number of thioether (sulfide) groups is 1. The molecule has 0 fully saturated rings. The highest BCUT2D eigenvalue weighted by Crippen LogP contribution is 2.49. The summed E-state index contributed by atoms with van der Waals surface area (Å²) in [4.78, 5) is 29.2. The van der Waals surface area contributed by atoms with Gasteiger partial charge in [0, 0.05) is 36.3 Å². The van der Waals surface area contributed by atoms with Crippen molar-refractivity contribution in [2.24, 2.45) is 0 Å². The van der Waals surface area contributed by atoms with E-state index >= 15 is 0 Å². The summed E-state index contributed by atoms with van der Waals surface area (Å²) in [6.07, 6.45) is 0.670. The molecule has 2 aromatic carbocycles. The lowest BCUT2D eigenvalue weighted by Crippen LogP contribution is -2.42. The molecule has 0 saturated heterocycles. The molecule has 1 aliphatic heterocycles. The smallest absolute Gasteiger partial charge is 0.240 e. The van der Waals surface area contributed by atoms with Crippen LogP contribution in [0.5, 0.6) is 0 Å². The average Bonchev–Trinajstić information content (AvgIpc) is 3.58. The van der Waals surface area contributed by atoms with Crippen LogP contribution in [0.1, 0.15) is 22.1 Å². The Labute approximate surface area is 228 Å². The van der Waals surface area contributed by atoms with Crippen LogP contribution in [0.4, 0.5) is 10.2 Å². The number of halogens is 1. The van der Waals surface area contributed by atoms with Crippen molar-refractivity contribution in [3.05, 3.63) is 88.4 Å². The van der Waals surface area contributed by atoms with Gasteiger partial charge in [-0.25, -0.2) is 9.07 Å². The molecule has 5 rings (SSSR count). The summed E-state index contributed by atoms with van der Waals surface area (Å²) in [5.74, 6) is -0.105. The van der Waals surface area contributed by atoms with Crippen LogP contribution < -0.4 is 10.2 Å². The maximum atomic E-state index is 13.9. The third-order valence-corrected chi connectivity index (χ3v) is 8.48. The van der Waals surface area contributed by atoms with Crippen molar-refractivity contribution in [1.82, 2.24) is 15.1 Å². The van der Waals surface area contributed by atoms with Gasteiger partial charge < -0.3 is 10.1 Å². The maximum absolute atomic E-state index is 13.9. The molecule has 0 radical (unpaired) electrons. The summed E-state index contributed by atoms with van der Waals surface area (Å²) < 4.78 is 20.6. The zero-order valence-corrected chi connectivity index (χ0v) is 22.4. The van der Waals surface area contributed by atoms with Crippen LogP contribution in [0, 0.1) is 5.82 Å². The number of carbonyl (C=O) groups excluding carboxylic acids is 2. The minimum atomic E-state index is -0.370. The fraction of sp³-hybridized carbons (Fsp3) is 0.250. The van der Waals surface area contributed by atoms with Gasteiger partial charge in [-0.15, -0.1) is 23.1 Å². The van der Waals surface area contributed by atoms with E-state index in [0.717, 1.165) is 21.7 Å². The van der Waals surface area contributed by atoms with Crippen LogP contribution in [-0.2, 0) is 14.3 Å². The number of fused-ring (bicyclic) bond motifs is 1. The number of methoxy groups -OCH3 is 1. The Bertz CT molecular complexity index is 1390. The summed E-state index contributed by atoms with van der Waals surface area (Å²) >= 11 is 3.14. The Kier molecular flexibility index (Phi) is 8.21. The molecule has 10 heteroatoms. The van der Waals surface area contributed by atoms with Crippen molar-refractivity contribution in [1.29, 1.82) is 0 Å². The lowest BCUT2D eigenvalue weighted by molar-refractivity contribution is -0.122. The number of carbonyl (C=O) groups is 2. The number of aromatic nitrogens is 2. The van der Waals surface area contributed by atoms with Gasteiger partial charge in [0.05, 0.1) is 22.4 Å². The summed E-state index contributed by atoms with van der Waals surface area (Å²) in [5.41, 5.74) is 3.06. The van der Waals surface area contributed by atoms with Gasteiger partial charge in [-0.3, -0.25) is 14.5 Å².